The Bertz CT molecular complexity index is 1150. The predicted octanol–water partition coefficient (Wildman–Crippen LogP) is 3.29. The summed E-state index contributed by atoms with van der Waals surface area (Å²) in [5.74, 6) is 1.73. The monoisotopic (exact) mass is 456 g/mol. The maximum atomic E-state index is 13.6. The molecule has 2 aliphatic heterocycles. The third-order valence-electron chi connectivity index (χ3n) is 7.51. The predicted molar refractivity (Wildman–Crippen MR) is 132 cm³/mol. The maximum Gasteiger partial charge on any atom is 0.254 e. The molecule has 5 rings (SSSR count). The summed E-state index contributed by atoms with van der Waals surface area (Å²) in [4.78, 5) is 20.3. The number of likely N-dealkylation sites (tertiary alicyclic amines) is 1. The van der Waals surface area contributed by atoms with Crippen molar-refractivity contribution in [2.75, 3.05) is 13.1 Å². The van der Waals surface area contributed by atoms with Crippen LogP contribution >= 0.6 is 0 Å². The van der Waals surface area contributed by atoms with Crippen LogP contribution in [-0.4, -0.2) is 41.9 Å². The molecule has 1 aliphatic carbocycles. The van der Waals surface area contributed by atoms with Crippen molar-refractivity contribution in [3.8, 4) is 6.07 Å². The zero-order valence-electron chi connectivity index (χ0n) is 19.8. The second-order valence-corrected chi connectivity index (χ2v) is 9.91. The Kier molecular flexibility index (Phi) is 6.11. The third-order valence-corrected chi connectivity index (χ3v) is 7.51. The Morgan fingerprint density at radius 2 is 1.85 bits per heavy atom. The summed E-state index contributed by atoms with van der Waals surface area (Å²) in [6.45, 7) is 5.50. The van der Waals surface area contributed by atoms with Crippen LogP contribution in [0.1, 0.15) is 82.6 Å². The molecule has 7 heteroatoms. The van der Waals surface area contributed by atoms with Gasteiger partial charge in [-0.3, -0.25) is 4.79 Å². The van der Waals surface area contributed by atoms with E-state index >= 15 is 0 Å². The van der Waals surface area contributed by atoms with Crippen LogP contribution in [0.2, 0.25) is 0 Å². The quantitative estimate of drug-likeness (QED) is 0.655. The number of nitrogens with two attached hydrogens (primary N) is 1. The van der Waals surface area contributed by atoms with Gasteiger partial charge in [-0.15, -0.1) is 0 Å². The van der Waals surface area contributed by atoms with E-state index < -0.39 is 0 Å². The Morgan fingerprint density at radius 3 is 2.44 bits per heavy atom. The summed E-state index contributed by atoms with van der Waals surface area (Å²) < 4.78 is 0. The molecule has 1 atom stereocenters. The number of carbonyl (C=O) groups excluding carboxylic acids is 1. The van der Waals surface area contributed by atoms with Gasteiger partial charge < -0.3 is 16.1 Å². The first kappa shape index (κ1) is 22.6. The van der Waals surface area contributed by atoms with Crippen molar-refractivity contribution >= 4 is 11.7 Å². The molecule has 0 radical (unpaired) electrons. The lowest BCUT2D eigenvalue weighted by molar-refractivity contribution is 0.0712. The number of hydrogen-bond acceptors (Lipinski definition) is 6. The number of nitrogens with one attached hydrogen (secondary N) is 2. The van der Waals surface area contributed by atoms with Crippen molar-refractivity contribution in [2.24, 2.45) is 10.7 Å². The molecule has 0 spiro atoms. The zero-order chi connectivity index (χ0) is 23.8. The summed E-state index contributed by atoms with van der Waals surface area (Å²) in [5.41, 5.74) is 18.4. The molecule has 0 aromatic heterocycles. The van der Waals surface area contributed by atoms with Crippen LogP contribution in [0.25, 0.3) is 0 Å². The summed E-state index contributed by atoms with van der Waals surface area (Å²) in [7, 11) is 0. The smallest absolute Gasteiger partial charge is 0.254 e. The maximum absolute atomic E-state index is 13.6. The van der Waals surface area contributed by atoms with E-state index in [9.17, 15) is 4.79 Å². The summed E-state index contributed by atoms with van der Waals surface area (Å²) in [5, 5.41) is 9.03. The van der Waals surface area contributed by atoms with Crippen molar-refractivity contribution in [1.82, 2.24) is 15.8 Å². The number of piperidine rings is 1. The molecule has 2 aromatic carbocycles. The summed E-state index contributed by atoms with van der Waals surface area (Å²) in [6.07, 6.45) is 3.79. The Balaban J connectivity index is 1.35. The number of nitriles is 1. The lowest BCUT2D eigenvalue weighted by atomic mass is 9.74. The van der Waals surface area contributed by atoms with Gasteiger partial charge in [0.2, 0.25) is 0 Å². The van der Waals surface area contributed by atoms with Gasteiger partial charge in [-0.05, 0) is 86.3 Å². The van der Waals surface area contributed by atoms with E-state index in [-0.39, 0.29) is 18.1 Å². The largest absolute Gasteiger partial charge is 0.339 e. The van der Waals surface area contributed by atoms with Gasteiger partial charge >= 0.3 is 0 Å². The Labute approximate surface area is 201 Å². The number of hydrogen-bond donors (Lipinski definition) is 3. The van der Waals surface area contributed by atoms with Crippen molar-refractivity contribution in [1.29, 1.82) is 5.26 Å². The van der Waals surface area contributed by atoms with Gasteiger partial charge in [-0.1, -0.05) is 18.2 Å². The molecule has 3 aliphatic rings. The summed E-state index contributed by atoms with van der Waals surface area (Å²) >= 11 is 0. The van der Waals surface area contributed by atoms with E-state index in [1.54, 1.807) is 0 Å². The zero-order valence-corrected chi connectivity index (χ0v) is 19.8. The molecule has 4 N–H and O–H groups in total. The molecule has 0 bridgehead atoms. The van der Waals surface area contributed by atoms with E-state index in [2.05, 4.69) is 23.0 Å². The molecule has 1 saturated heterocycles. The van der Waals surface area contributed by atoms with E-state index in [0.29, 0.717) is 17.4 Å². The summed E-state index contributed by atoms with van der Waals surface area (Å²) in [6, 6.07) is 14.5. The molecule has 2 aromatic rings. The van der Waals surface area contributed by atoms with E-state index in [4.69, 9.17) is 16.0 Å². The molecule has 1 unspecified atom stereocenters. The second-order valence-electron chi connectivity index (χ2n) is 9.91. The molecule has 2 fully saturated rings. The van der Waals surface area contributed by atoms with Crippen LogP contribution < -0.4 is 16.6 Å². The average molecular weight is 457 g/mol. The number of amidine groups is 1. The van der Waals surface area contributed by atoms with Gasteiger partial charge in [0, 0.05) is 30.3 Å². The fourth-order valence-corrected chi connectivity index (χ4v) is 5.40. The van der Waals surface area contributed by atoms with Gasteiger partial charge in [0.15, 0.2) is 0 Å². The van der Waals surface area contributed by atoms with Crippen LogP contribution in [-0.2, 0) is 0 Å². The lowest BCUT2D eigenvalue weighted by Crippen LogP contribution is -2.39. The first-order valence-electron chi connectivity index (χ1n) is 12.2. The molecule has 1 amide bonds. The normalized spacial score (nSPS) is 24.7. The minimum atomic E-state index is -0.00629. The standard InChI is InChI=1S/C27H32N6O/c1-16-11-24(21-12-22(29)13-21)25(26-30-17(2)31-32-26)14-23(16)27(34)33-9-7-20(8-10-33)19-5-3-18(15-28)4-6-19/h3-6,11,14,17,20-22,31H,7-10,12-13,29H2,1-2H3,(H,30,32). The van der Waals surface area contributed by atoms with Gasteiger partial charge in [-0.25, -0.2) is 10.4 Å². The van der Waals surface area contributed by atoms with Gasteiger partial charge in [-0.2, -0.15) is 5.26 Å². The van der Waals surface area contributed by atoms with Crippen LogP contribution in [0.4, 0.5) is 0 Å². The first-order valence-corrected chi connectivity index (χ1v) is 12.2. The van der Waals surface area contributed by atoms with Crippen molar-refractivity contribution in [3.05, 3.63) is 69.8 Å². The van der Waals surface area contributed by atoms with Gasteiger partial charge in [0.1, 0.15) is 12.0 Å². The molecule has 1 saturated carbocycles. The molecular weight excluding hydrogens is 424 g/mol. The number of nitrogens with zero attached hydrogens (tertiary/aromatic N) is 3. The highest BCUT2D eigenvalue weighted by atomic mass is 16.2. The number of benzene rings is 2. The third kappa shape index (κ3) is 4.31. The van der Waals surface area contributed by atoms with Crippen LogP contribution in [0.15, 0.2) is 41.4 Å². The van der Waals surface area contributed by atoms with Crippen LogP contribution in [0.3, 0.4) is 0 Å². The molecule has 2 heterocycles. The van der Waals surface area contributed by atoms with Gasteiger partial charge in [0.25, 0.3) is 5.91 Å². The van der Waals surface area contributed by atoms with Crippen molar-refractivity contribution in [3.63, 3.8) is 0 Å². The topological polar surface area (TPSA) is 107 Å². The Morgan fingerprint density at radius 1 is 1.15 bits per heavy atom. The fourth-order valence-electron chi connectivity index (χ4n) is 5.40. The first-order chi connectivity index (χ1) is 16.4. The van der Waals surface area contributed by atoms with E-state index in [1.165, 1.54) is 11.1 Å². The molecule has 7 nitrogen and oxygen atoms in total. The molecular formula is C27H32N6O. The Hall–Kier alpha value is -3.21. The fraction of sp³-hybridized carbons (Fsp3) is 0.444. The average Bonchev–Trinajstić information content (AvgIpc) is 3.27. The minimum Gasteiger partial charge on any atom is -0.339 e. The number of aryl methyl sites for hydroxylation is 1. The van der Waals surface area contributed by atoms with E-state index in [0.717, 1.165) is 61.3 Å². The lowest BCUT2D eigenvalue weighted by Gasteiger charge is -2.35. The minimum absolute atomic E-state index is 0.00629. The van der Waals surface area contributed by atoms with Crippen molar-refractivity contribution in [2.45, 2.75) is 63.6 Å². The number of aliphatic imine (C=N–C) groups is 1. The van der Waals surface area contributed by atoms with Crippen LogP contribution in [0, 0.1) is 18.3 Å². The number of amides is 1. The number of carbonyl (C=O) groups is 1. The SMILES string of the molecule is Cc1cc(C2CC(N)C2)c(C2=NC(C)NN2)cc1C(=O)N1CCC(c2ccc(C#N)cc2)CC1. The number of rotatable bonds is 4. The molecule has 176 valence electrons. The van der Waals surface area contributed by atoms with Crippen LogP contribution in [0.5, 0.6) is 0 Å². The number of hydrazine groups is 1. The highest BCUT2D eigenvalue weighted by Gasteiger charge is 2.33. The van der Waals surface area contributed by atoms with Crippen molar-refractivity contribution < 1.29 is 4.79 Å². The van der Waals surface area contributed by atoms with Gasteiger partial charge in [0.05, 0.1) is 11.6 Å². The second kappa shape index (κ2) is 9.21. The highest BCUT2D eigenvalue weighted by Crippen LogP contribution is 2.39. The van der Waals surface area contributed by atoms with E-state index in [1.807, 2.05) is 49.1 Å². The molecule has 34 heavy (non-hydrogen) atoms. The highest BCUT2D eigenvalue weighted by molar-refractivity contribution is 6.04.